The molecule has 3 aromatic rings. The average molecular weight is 405 g/mol. The van der Waals surface area contributed by atoms with Crippen molar-refractivity contribution < 1.29 is 9.59 Å². The van der Waals surface area contributed by atoms with Crippen LogP contribution in [0.3, 0.4) is 0 Å². The highest BCUT2D eigenvalue weighted by molar-refractivity contribution is 5.95. The molecule has 0 bridgehead atoms. The van der Waals surface area contributed by atoms with Gasteiger partial charge < -0.3 is 16.0 Å². The van der Waals surface area contributed by atoms with Gasteiger partial charge in [0.15, 0.2) is 17.0 Å². The number of nitrogens with one attached hydrogen (secondary N) is 1. The summed E-state index contributed by atoms with van der Waals surface area (Å²) in [5, 5.41) is 3.02. The fourth-order valence-electron chi connectivity index (χ4n) is 4.03. The third kappa shape index (κ3) is 3.16. The predicted molar refractivity (Wildman–Crippen MR) is 111 cm³/mol. The highest BCUT2D eigenvalue weighted by atomic mass is 16.2. The van der Waals surface area contributed by atoms with Gasteiger partial charge in [-0.05, 0) is 50.3 Å². The molecule has 9 heteroatoms. The van der Waals surface area contributed by atoms with E-state index in [0.29, 0.717) is 41.6 Å². The second-order valence-electron chi connectivity index (χ2n) is 7.99. The monoisotopic (exact) mass is 405 g/mol. The van der Waals surface area contributed by atoms with Crippen LogP contribution in [0.5, 0.6) is 0 Å². The maximum atomic E-state index is 12.5. The molecule has 30 heavy (non-hydrogen) atoms. The second-order valence-corrected chi connectivity index (χ2v) is 7.99. The minimum Gasteiger partial charge on any atom is -0.368 e. The van der Waals surface area contributed by atoms with Gasteiger partial charge in [-0.15, -0.1) is 0 Å². The van der Waals surface area contributed by atoms with E-state index < -0.39 is 0 Å². The van der Waals surface area contributed by atoms with Crippen LogP contribution in [0.4, 0.5) is 5.82 Å². The zero-order chi connectivity index (χ0) is 20.8. The molecule has 1 saturated heterocycles. The van der Waals surface area contributed by atoms with E-state index in [1.165, 1.54) is 6.33 Å². The Morgan fingerprint density at radius 3 is 2.77 bits per heavy atom. The van der Waals surface area contributed by atoms with Crippen molar-refractivity contribution in [1.82, 2.24) is 24.8 Å². The van der Waals surface area contributed by atoms with Crippen LogP contribution >= 0.6 is 0 Å². The number of benzene rings is 1. The van der Waals surface area contributed by atoms with E-state index in [0.717, 1.165) is 30.5 Å². The van der Waals surface area contributed by atoms with E-state index in [2.05, 4.69) is 20.3 Å². The van der Waals surface area contributed by atoms with E-state index in [1.54, 1.807) is 6.33 Å². The number of imidazole rings is 1. The van der Waals surface area contributed by atoms with E-state index in [9.17, 15) is 9.59 Å². The number of aromatic nitrogens is 4. The van der Waals surface area contributed by atoms with Crippen molar-refractivity contribution in [1.29, 1.82) is 0 Å². The average Bonchev–Trinajstić information content (AvgIpc) is 3.24. The fraction of sp³-hybridized carbons (Fsp3) is 0.381. The topological polar surface area (TPSA) is 119 Å². The summed E-state index contributed by atoms with van der Waals surface area (Å²) in [5.41, 5.74) is 9.24. The first-order valence-corrected chi connectivity index (χ1v) is 10.2. The molecule has 5 rings (SSSR count). The number of nitrogens with two attached hydrogens (primary N) is 1. The van der Waals surface area contributed by atoms with Gasteiger partial charge in [-0.1, -0.05) is 6.07 Å². The Hall–Kier alpha value is -3.49. The van der Waals surface area contributed by atoms with Crippen LogP contribution in [0.2, 0.25) is 0 Å². The first kappa shape index (κ1) is 18.5. The van der Waals surface area contributed by atoms with Gasteiger partial charge in [0.25, 0.3) is 5.91 Å². The van der Waals surface area contributed by atoms with Gasteiger partial charge in [-0.3, -0.25) is 14.2 Å². The van der Waals surface area contributed by atoms with Crippen molar-refractivity contribution in [2.24, 2.45) is 5.73 Å². The molecule has 0 spiro atoms. The molecule has 3 N–H and O–H groups in total. The molecule has 2 amide bonds. The number of aryl methyl sites for hydroxylation is 1. The van der Waals surface area contributed by atoms with E-state index >= 15 is 0 Å². The fourth-order valence-corrected chi connectivity index (χ4v) is 4.03. The maximum Gasteiger partial charge on any atom is 0.251 e. The minimum atomic E-state index is -0.385. The molecule has 1 atom stereocenters. The van der Waals surface area contributed by atoms with E-state index in [1.807, 2.05) is 34.6 Å². The third-order valence-corrected chi connectivity index (χ3v) is 5.81. The lowest BCUT2D eigenvalue weighted by molar-refractivity contribution is -0.119. The van der Waals surface area contributed by atoms with Crippen molar-refractivity contribution in [3.05, 3.63) is 42.0 Å². The van der Waals surface area contributed by atoms with Crippen LogP contribution < -0.4 is 16.0 Å². The van der Waals surface area contributed by atoms with Crippen LogP contribution in [0.25, 0.3) is 16.9 Å². The van der Waals surface area contributed by atoms with Gasteiger partial charge in [0.05, 0.1) is 5.69 Å². The lowest BCUT2D eigenvalue weighted by atomic mass is 10.1. The number of nitrogens with zero attached hydrogens (tertiary/aromatic N) is 5. The molecule has 3 heterocycles. The van der Waals surface area contributed by atoms with Crippen molar-refractivity contribution in [2.75, 3.05) is 11.4 Å². The van der Waals surface area contributed by atoms with Crippen LogP contribution in [-0.2, 0) is 4.79 Å². The molecule has 1 aliphatic heterocycles. The largest absolute Gasteiger partial charge is 0.368 e. The molecule has 1 aliphatic carbocycles. The summed E-state index contributed by atoms with van der Waals surface area (Å²) < 4.78 is 1.86. The minimum absolute atomic E-state index is 0.0696. The summed E-state index contributed by atoms with van der Waals surface area (Å²) in [6.07, 6.45) is 6.82. The number of carbonyl (C=O) groups excluding carboxylic acids is 2. The number of hydrogen-bond donors (Lipinski definition) is 2. The Morgan fingerprint density at radius 1 is 1.17 bits per heavy atom. The van der Waals surface area contributed by atoms with Gasteiger partial charge in [0, 0.05) is 18.2 Å². The van der Waals surface area contributed by atoms with Gasteiger partial charge in [0.1, 0.15) is 18.7 Å². The summed E-state index contributed by atoms with van der Waals surface area (Å²) in [4.78, 5) is 39.7. The Bertz CT molecular complexity index is 1150. The lowest BCUT2D eigenvalue weighted by Crippen LogP contribution is -2.40. The molecule has 1 saturated carbocycles. The maximum absolute atomic E-state index is 12.5. The summed E-state index contributed by atoms with van der Waals surface area (Å²) in [6, 6.07) is 5.53. The van der Waals surface area contributed by atoms with Crippen LogP contribution in [-0.4, -0.2) is 50.0 Å². The Labute approximate surface area is 173 Å². The number of hydrogen-bond acceptors (Lipinski definition) is 6. The van der Waals surface area contributed by atoms with Crippen molar-refractivity contribution >= 4 is 28.8 Å². The Balaban J connectivity index is 1.56. The van der Waals surface area contributed by atoms with E-state index in [4.69, 9.17) is 5.73 Å². The summed E-state index contributed by atoms with van der Waals surface area (Å²) in [7, 11) is 0. The smallest absolute Gasteiger partial charge is 0.251 e. The summed E-state index contributed by atoms with van der Waals surface area (Å²) >= 11 is 0. The van der Waals surface area contributed by atoms with Crippen LogP contribution in [0.1, 0.15) is 41.6 Å². The number of rotatable bonds is 5. The number of carbonyl (C=O) groups is 2. The molecule has 154 valence electrons. The van der Waals surface area contributed by atoms with Crippen molar-refractivity contribution in [2.45, 2.75) is 44.7 Å². The number of fused-ring (bicyclic) bond motifs is 1. The van der Waals surface area contributed by atoms with Gasteiger partial charge >= 0.3 is 0 Å². The highest BCUT2D eigenvalue weighted by Gasteiger charge is 2.32. The second kappa shape index (κ2) is 7.08. The quantitative estimate of drug-likeness (QED) is 0.663. The zero-order valence-corrected chi connectivity index (χ0v) is 16.7. The summed E-state index contributed by atoms with van der Waals surface area (Å²) in [6.45, 7) is 2.68. The van der Waals surface area contributed by atoms with Gasteiger partial charge in [-0.25, -0.2) is 15.0 Å². The standard InChI is InChI=1S/C21H23N7O2/c1-12-4-5-13(21(30)26-14-6-7-14)9-16(12)28-11-25-17-19(23-10-24-20(17)28)27-8-2-3-15(27)18(22)29/h4-5,9-11,14-15H,2-3,6-8H2,1H3,(H2,22,29)(H,26,30). The number of primary amides is 1. The molecule has 2 aromatic heterocycles. The van der Waals surface area contributed by atoms with Crippen molar-refractivity contribution in [3.8, 4) is 5.69 Å². The molecule has 1 aromatic carbocycles. The van der Waals surface area contributed by atoms with Gasteiger partial charge in [-0.2, -0.15) is 0 Å². The summed E-state index contributed by atoms with van der Waals surface area (Å²) in [5.74, 6) is 0.184. The first-order chi connectivity index (χ1) is 14.5. The molecule has 2 aliphatic rings. The van der Waals surface area contributed by atoms with Crippen LogP contribution in [0, 0.1) is 6.92 Å². The van der Waals surface area contributed by atoms with Gasteiger partial charge in [0.2, 0.25) is 5.91 Å². The molecule has 2 fully saturated rings. The molecular weight excluding hydrogens is 382 g/mol. The predicted octanol–water partition coefficient (Wildman–Crippen LogP) is 1.47. The van der Waals surface area contributed by atoms with E-state index in [-0.39, 0.29) is 17.9 Å². The molecule has 9 nitrogen and oxygen atoms in total. The third-order valence-electron chi connectivity index (χ3n) is 5.81. The molecule has 0 radical (unpaired) electrons. The molecule has 1 unspecified atom stereocenters. The SMILES string of the molecule is Cc1ccc(C(=O)NC2CC2)cc1-n1cnc2c(N3CCCC3C(N)=O)ncnc21. The lowest BCUT2D eigenvalue weighted by Gasteiger charge is -2.23. The Kier molecular flexibility index (Phi) is 4.38. The number of amides is 2. The van der Waals surface area contributed by atoms with Crippen molar-refractivity contribution in [3.63, 3.8) is 0 Å². The Morgan fingerprint density at radius 2 is 2.00 bits per heavy atom. The number of anilines is 1. The zero-order valence-electron chi connectivity index (χ0n) is 16.7. The first-order valence-electron chi connectivity index (χ1n) is 10.2. The highest BCUT2D eigenvalue weighted by Crippen LogP contribution is 2.30. The molecular formula is C21H23N7O2. The van der Waals surface area contributed by atoms with Crippen LogP contribution in [0.15, 0.2) is 30.9 Å². The normalized spacial score (nSPS) is 18.7.